The molecule has 0 aliphatic carbocycles. The number of amides is 2. The zero-order valence-corrected chi connectivity index (χ0v) is 19.0. The van der Waals surface area contributed by atoms with Crippen molar-refractivity contribution in [2.75, 3.05) is 20.3 Å². The van der Waals surface area contributed by atoms with Gasteiger partial charge < -0.3 is 24.3 Å². The van der Waals surface area contributed by atoms with E-state index in [4.69, 9.17) is 9.47 Å². The van der Waals surface area contributed by atoms with Gasteiger partial charge in [0.05, 0.1) is 25.3 Å². The van der Waals surface area contributed by atoms with E-state index in [0.717, 1.165) is 35.9 Å². The fourth-order valence-corrected chi connectivity index (χ4v) is 4.87. The number of benzene rings is 2. The Hall–Kier alpha value is -3.32. The third kappa shape index (κ3) is 3.86. The van der Waals surface area contributed by atoms with Crippen molar-refractivity contribution >= 4 is 22.7 Å². The van der Waals surface area contributed by atoms with Gasteiger partial charge in [-0.05, 0) is 43.5 Å². The summed E-state index contributed by atoms with van der Waals surface area (Å²) in [5, 5.41) is 4.02. The smallest absolute Gasteiger partial charge is 0.271 e. The zero-order chi connectivity index (χ0) is 23.0. The second-order valence-corrected chi connectivity index (χ2v) is 9.04. The average molecular weight is 448 g/mol. The number of hydrogen-bond acceptors (Lipinski definition) is 4. The van der Waals surface area contributed by atoms with Crippen LogP contribution in [0.5, 0.6) is 5.75 Å². The van der Waals surface area contributed by atoms with Crippen LogP contribution in [0.2, 0.25) is 0 Å². The molecular formula is C26H29N3O4. The molecule has 2 atom stereocenters. The standard InChI is InChI=1S/C26H29N3O4/c1-26(25(31)27-15-21-9-6-12-33-21)17-28-22-14-20(32-2)11-10-19(22)13-23(28)24(30)29(26)16-18-7-4-3-5-8-18/h3-5,7-8,10-11,13-14,21H,6,9,12,15-17H2,1-2H3,(H,27,31)/t21-,26+/m1/s1. The number of fused-ring (bicyclic) bond motifs is 3. The molecule has 1 N–H and O–H groups in total. The van der Waals surface area contributed by atoms with Crippen LogP contribution in [0.1, 0.15) is 35.8 Å². The largest absolute Gasteiger partial charge is 0.497 e. The Morgan fingerprint density at radius 1 is 1.21 bits per heavy atom. The van der Waals surface area contributed by atoms with Crippen molar-refractivity contribution in [3.63, 3.8) is 0 Å². The highest BCUT2D eigenvalue weighted by Gasteiger charge is 2.47. The van der Waals surface area contributed by atoms with Gasteiger partial charge in [0.2, 0.25) is 5.91 Å². The summed E-state index contributed by atoms with van der Waals surface area (Å²) in [6, 6.07) is 17.4. The van der Waals surface area contributed by atoms with Crippen LogP contribution < -0.4 is 10.1 Å². The number of carbonyl (C=O) groups excluding carboxylic acids is 2. The van der Waals surface area contributed by atoms with E-state index < -0.39 is 5.54 Å². The number of nitrogens with zero attached hydrogens (tertiary/aromatic N) is 2. The van der Waals surface area contributed by atoms with Crippen LogP contribution in [0.15, 0.2) is 54.6 Å². The van der Waals surface area contributed by atoms with Crippen molar-refractivity contribution in [1.29, 1.82) is 0 Å². The quantitative estimate of drug-likeness (QED) is 0.629. The lowest BCUT2D eigenvalue weighted by Gasteiger charge is -2.44. The van der Waals surface area contributed by atoms with Gasteiger partial charge in [-0.15, -0.1) is 0 Å². The highest BCUT2D eigenvalue weighted by Crippen LogP contribution is 2.34. The van der Waals surface area contributed by atoms with Gasteiger partial charge in [0.1, 0.15) is 17.0 Å². The number of methoxy groups -OCH3 is 1. The molecule has 2 aliphatic heterocycles. The topological polar surface area (TPSA) is 72.8 Å². The van der Waals surface area contributed by atoms with E-state index in [1.54, 1.807) is 12.0 Å². The number of carbonyl (C=O) groups is 2. The van der Waals surface area contributed by atoms with Crippen LogP contribution in [-0.2, 0) is 22.6 Å². The summed E-state index contributed by atoms with van der Waals surface area (Å²) >= 11 is 0. The molecule has 5 rings (SSSR count). The molecule has 1 aromatic heterocycles. The number of aromatic nitrogens is 1. The molecule has 0 spiro atoms. The van der Waals surface area contributed by atoms with Crippen LogP contribution in [-0.4, -0.2) is 53.2 Å². The molecule has 1 saturated heterocycles. The highest BCUT2D eigenvalue weighted by molar-refractivity contribution is 6.03. The van der Waals surface area contributed by atoms with Crippen LogP contribution >= 0.6 is 0 Å². The van der Waals surface area contributed by atoms with Crippen molar-refractivity contribution < 1.29 is 19.1 Å². The molecule has 3 heterocycles. The molecule has 1 fully saturated rings. The zero-order valence-electron chi connectivity index (χ0n) is 19.0. The van der Waals surface area contributed by atoms with Crippen molar-refractivity contribution in [3.05, 3.63) is 65.9 Å². The lowest BCUT2D eigenvalue weighted by molar-refractivity contribution is -0.133. The van der Waals surface area contributed by atoms with Gasteiger partial charge in [0.25, 0.3) is 5.91 Å². The lowest BCUT2D eigenvalue weighted by atomic mass is 9.93. The third-order valence-electron chi connectivity index (χ3n) is 6.82. The first-order valence-electron chi connectivity index (χ1n) is 11.4. The Kier molecular flexibility index (Phi) is 5.58. The van der Waals surface area contributed by atoms with E-state index in [9.17, 15) is 9.59 Å². The monoisotopic (exact) mass is 447 g/mol. The fraction of sp³-hybridized carbons (Fsp3) is 0.385. The Morgan fingerprint density at radius 2 is 2.03 bits per heavy atom. The molecule has 0 bridgehead atoms. The molecule has 0 unspecified atom stereocenters. The first-order chi connectivity index (χ1) is 16.0. The van der Waals surface area contributed by atoms with Crippen LogP contribution in [0, 0.1) is 0 Å². The SMILES string of the molecule is COc1ccc2cc3n(c2c1)C[C@@](C)(C(=O)NC[C@H]1CCCO1)N(Cc1ccccc1)C3=O. The van der Waals surface area contributed by atoms with Gasteiger partial charge in [0, 0.05) is 31.1 Å². The Morgan fingerprint density at radius 3 is 2.76 bits per heavy atom. The number of nitrogens with one attached hydrogen (secondary N) is 1. The first kappa shape index (κ1) is 21.5. The summed E-state index contributed by atoms with van der Waals surface area (Å²) in [5.74, 6) is 0.389. The minimum atomic E-state index is -1.06. The van der Waals surface area contributed by atoms with Gasteiger partial charge in [-0.2, -0.15) is 0 Å². The molecule has 2 aromatic carbocycles. The van der Waals surface area contributed by atoms with Gasteiger partial charge in [-0.3, -0.25) is 9.59 Å². The molecule has 7 heteroatoms. The van der Waals surface area contributed by atoms with E-state index in [2.05, 4.69) is 5.32 Å². The minimum absolute atomic E-state index is 0.0339. The lowest BCUT2D eigenvalue weighted by Crippen LogP contribution is -2.64. The van der Waals surface area contributed by atoms with Crippen molar-refractivity contribution in [2.45, 2.75) is 44.5 Å². The summed E-state index contributed by atoms with van der Waals surface area (Å²) in [4.78, 5) is 29.1. The van der Waals surface area contributed by atoms with Gasteiger partial charge in [0.15, 0.2) is 0 Å². The molecule has 0 radical (unpaired) electrons. The summed E-state index contributed by atoms with van der Waals surface area (Å²) in [6.07, 6.45) is 1.99. The van der Waals surface area contributed by atoms with Gasteiger partial charge in [-0.1, -0.05) is 30.3 Å². The maximum atomic E-state index is 13.8. The Labute approximate surface area is 193 Å². The maximum absolute atomic E-state index is 13.8. The molecular weight excluding hydrogens is 418 g/mol. The fourth-order valence-electron chi connectivity index (χ4n) is 4.87. The van der Waals surface area contributed by atoms with Crippen LogP contribution in [0.4, 0.5) is 0 Å². The number of ether oxygens (including phenoxy) is 2. The minimum Gasteiger partial charge on any atom is -0.497 e. The molecule has 2 aliphatic rings. The first-order valence-corrected chi connectivity index (χ1v) is 11.4. The molecule has 172 valence electrons. The van der Waals surface area contributed by atoms with Crippen molar-refractivity contribution in [3.8, 4) is 5.75 Å². The van der Waals surface area contributed by atoms with E-state index in [0.29, 0.717) is 31.1 Å². The third-order valence-corrected chi connectivity index (χ3v) is 6.82. The molecule has 2 amide bonds. The highest BCUT2D eigenvalue weighted by atomic mass is 16.5. The Bertz CT molecular complexity index is 1180. The summed E-state index contributed by atoms with van der Waals surface area (Å²) in [6.45, 7) is 3.75. The molecule has 33 heavy (non-hydrogen) atoms. The average Bonchev–Trinajstić information content (AvgIpc) is 3.48. The van der Waals surface area contributed by atoms with E-state index in [-0.39, 0.29) is 17.9 Å². The summed E-state index contributed by atoms with van der Waals surface area (Å²) in [7, 11) is 1.62. The molecule has 3 aromatic rings. The van der Waals surface area contributed by atoms with Gasteiger partial charge >= 0.3 is 0 Å². The van der Waals surface area contributed by atoms with Crippen molar-refractivity contribution in [1.82, 2.24) is 14.8 Å². The number of hydrogen-bond donors (Lipinski definition) is 1. The van der Waals surface area contributed by atoms with Crippen molar-refractivity contribution in [2.24, 2.45) is 0 Å². The normalized spacial score (nSPS) is 22.4. The molecule has 0 saturated carbocycles. The predicted octanol–water partition coefficient (Wildman–Crippen LogP) is 3.36. The van der Waals surface area contributed by atoms with E-state index in [1.807, 2.05) is 66.1 Å². The van der Waals surface area contributed by atoms with E-state index in [1.165, 1.54) is 0 Å². The molecule has 7 nitrogen and oxygen atoms in total. The summed E-state index contributed by atoms with van der Waals surface area (Å²) < 4.78 is 13.0. The predicted molar refractivity (Wildman–Crippen MR) is 125 cm³/mol. The van der Waals surface area contributed by atoms with Gasteiger partial charge in [-0.25, -0.2) is 0 Å². The van der Waals surface area contributed by atoms with E-state index >= 15 is 0 Å². The second-order valence-electron chi connectivity index (χ2n) is 9.04. The second kappa shape index (κ2) is 8.56. The van der Waals surface area contributed by atoms with Crippen LogP contribution in [0.3, 0.4) is 0 Å². The van der Waals surface area contributed by atoms with Crippen LogP contribution in [0.25, 0.3) is 10.9 Å². The Balaban J connectivity index is 1.53. The number of rotatable bonds is 6. The summed E-state index contributed by atoms with van der Waals surface area (Å²) in [5.41, 5.74) is 1.39. The maximum Gasteiger partial charge on any atom is 0.271 e.